The van der Waals surface area contributed by atoms with Crippen molar-refractivity contribution in [1.29, 1.82) is 0 Å². The minimum atomic E-state index is -2.90. The SMILES string of the molecule is CCn1c(SCc2ccc(OC(F)F)c(OC)c2)nnc1-c1ccc(Cl)cc1. The molecule has 0 atom stereocenters. The van der Waals surface area contributed by atoms with E-state index in [1.165, 1.54) is 24.9 Å². The predicted octanol–water partition coefficient (Wildman–Crippen LogP) is 5.52. The van der Waals surface area contributed by atoms with Gasteiger partial charge in [0.05, 0.1) is 7.11 Å². The molecule has 5 nitrogen and oxygen atoms in total. The number of ether oxygens (including phenoxy) is 2. The number of halogens is 3. The second-order valence-corrected chi connectivity index (χ2v) is 7.09. The van der Waals surface area contributed by atoms with Crippen molar-refractivity contribution in [2.45, 2.75) is 31.0 Å². The highest BCUT2D eigenvalue weighted by Gasteiger charge is 2.15. The second kappa shape index (κ2) is 9.25. The topological polar surface area (TPSA) is 49.2 Å². The van der Waals surface area contributed by atoms with Crippen LogP contribution in [0.2, 0.25) is 5.02 Å². The molecule has 0 fully saturated rings. The van der Waals surface area contributed by atoms with Crippen LogP contribution < -0.4 is 9.47 Å². The van der Waals surface area contributed by atoms with E-state index in [1.54, 1.807) is 12.1 Å². The fourth-order valence-corrected chi connectivity index (χ4v) is 3.71. The first-order valence-electron chi connectivity index (χ1n) is 8.45. The van der Waals surface area contributed by atoms with Gasteiger partial charge >= 0.3 is 6.61 Å². The van der Waals surface area contributed by atoms with Crippen LogP contribution in [0.25, 0.3) is 11.4 Å². The number of hydrogen-bond donors (Lipinski definition) is 0. The van der Waals surface area contributed by atoms with Crippen LogP contribution in [0.1, 0.15) is 12.5 Å². The van der Waals surface area contributed by atoms with E-state index in [9.17, 15) is 8.78 Å². The molecule has 0 unspecified atom stereocenters. The highest BCUT2D eigenvalue weighted by Crippen LogP contribution is 2.32. The van der Waals surface area contributed by atoms with E-state index < -0.39 is 6.61 Å². The largest absolute Gasteiger partial charge is 0.493 e. The van der Waals surface area contributed by atoms with Crippen molar-refractivity contribution in [2.24, 2.45) is 0 Å². The highest BCUT2D eigenvalue weighted by molar-refractivity contribution is 7.98. The molecule has 0 spiro atoms. The molecule has 0 saturated carbocycles. The molecule has 0 N–H and O–H groups in total. The Morgan fingerprint density at radius 3 is 2.50 bits per heavy atom. The third kappa shape index (κ3) is 4.74. The lowest BCUT2D eigenvalue weighted by Gasteiger charge is -2.11. The lowest BCUT2D eigenvalue weighted by Crippen LogP contribution is -2.03. The quantitative estimate of drug-likeness (QED) is 0.445. The van der Waals surface area contributed by atoms with Crippen LogP contribution in [0.4, 0.5) is 8.78 Å². The number of methoxy groups -OCH3 is 1. The number of hydrogen-bond acceptors (Lipinski definition) is 5. The summed E-state index contributed by atoms with van der Waals surface area (Å²) in [5.74, 6) is 1.61. The van der Waals surface area contributed by atoms with Crippen molar-refractivity contribution in [1.82, 2.24) is 14.8 Å². The minimum absolute atomic E-state index is 0.00741. The van der Waals surface area contributed by atoms with Crippen LogP contribution in [-0.4, -0.2) is 28.5 Å². The van der Waals surface area contributed by atoms with E-state index in [0.29, 0.717) is 17.3 Å². The number of benzene rings is 2. The summed E-state index contributed by atoms with van der Waals surface area (Å²) in [6.07, 6.45) is 0. The van der Waals surface area contributed by atoms with Gasteiger partial charge in [0.2, 0.25) is 0 Å². The summed E-state index contributed by atoms with van der Waals surface area (Å²) in [5, 5.41) is 10.0. The van der Waals surface area contributed by atoms with E-state index in [4.69, 9.17) is 16.3 Å². The summed E-state index contributed by atoms with van der Waals surface area (Å²) in [4.78, 5) is 0. The third-order valence-corrected chi connectivity index (χ3v) is 5.24. The average Bonchev–Trinajstić information content (AvgIpc) is 3.10. The molecule has 2 aromatic carbocycles. The Kier molecular flexibility index (Phi) is 6.74. The van der Waals surface area contributed by atoms with Gasteiger partial charge in [0.1, 0.15) is 0 Å². The fourth-order valence-electron chi connectivity index (χ4n) is 2.64. The molecule has 148 valence electrons. The van der Waals surface area contributed by atoms with Gasteiger partial charge in [0, 0.05) is 22.9 Å². The van der Waals surface area contributed by atoms with Gasteiger partial charge in [-0.25, -0.2) is 0 Å². The smallest absolute Gasteiger partial charge is 0.387 e. The van der Waals surface area contributed by atoms with E-state index in [-0.39, 0.29) is 11.5 Å². The molecule has 0 aliphatic rings. The van der Waals surface area contributed by atoms with E-state index in [1.807, 2.05) is 35.8 Å². The van der Waals surface area contributed by atoms with Gasteiger partial charge in [-0.3, -0.25) is 0 Å². The first-order valence-corrected chi connectivity index (χ1v) is 9.81. The molecule has 0 saturated heterocycles. The van der Waals surface area contributed by atoms with Gasteiger partial charge in [-0.15, -0.1) is 10.2 Å². The Morgan fingerprint density at radius 1 is 1.11 bits per heavy atom. The Labute approximate surface area is 170 Å². The van der Waals surface area contributed by atoms with Gasteiger partial charge in [-0.1, -0.05) is 29.4 Å². The summed E-state index contributed by atoms with van der Waals surface area (Å²) in [6.45, 7) is -0.173. The number of nitrogens with zero attached hydrogens (tertiary/aromatic N) is 3. The summed E-state index contributed by atoms with van der Waals surface area (Å²) in [6, 6.07) is 12.3. The predicted molar refractivity (Wildman–Crippen MR) is 105 cm³/mol. The Morgan fingerprint density at radius 2 is 1.86 bits per heavy atom. The highest BCUT2D eigenvalue weighted by atomic mass is 35.5. The van der Waals surface area contributed by atoms with E-state index in [0.717, 1.165) is 22.1 Å². The Bertz CT molecular complexity index is 935. The van der Waals surface area contributed by atoms with Crippen LogP contribution >= 0.6 is 23.4 Å². The fraction of sp³-hybridized carbons (Fsp3) is 0.263. The number of thioether (sulfide) groups is 1. The molecule has 0 bridgehead atoms. The summed E-state index contributed by atoms with van der Waals surface area (Å²) >= 11 is 7.45. The van der Waals surface area contributed by atoms with Gasteiger partial charge < -0.3 is 14.0 Å². The molecule has 1 aromatic heterocycles. The molecule has 9 heteroatoms. The zero-order chi connectivity index (χ0) is 20.1. The molecule has 3 aromatic rings. The maximum atomic E-state index is 12.4. The molecular weight excluding hydrogens is 408 g/mol. The van der Waals surface area contributed by atoms with Crippen LogP contribution in [0.15, 0.2) is 47.6 Å². The van der Waals surface area contributed by atoms with Crippen LogP contribution in [0.5, 0.6) is 11.5 Å². The van der Waals surface area contributed by atoms with E-state index >= 15 is 0 Å². The summed E-state index contributed by atoms with van der Waals surface area (Å²) in [5.41, 5.74) is 1.82. The molecule has 3 rings (SSSR count). The zero-order valence-corrected chi connectivity index (χ0v) is 16.8. The number of aromatic nitrogens is 3. The van der Waals surface area contributed by atoms with Crippen molar-refractivity contribution >= 4 is 23.4 Å². The average molecular weight is 426 g/mol. The Hall–Kier alpha value is -2.32. The normalized spacial score (nSPS) is 11.1. The standard InChI is InChI=1S/C19H18ClF2N3O2S/c1-3-25-17(13-5-7-14(20)8-6-13)23-24-19(25)28-11-12-4-9-15(27-18(21)22)16(10-12)26-2/h4-10,18H,3,11H2,1-2H3. The molecule has 0 radical (unpaired) electrons. The second-order valence-electron chi connectivity index (χ2n) is 5.71. The van der Waals surface area contributed by atoms with E-state index in [2.05, 4.69) is 14.9 Å². The van der Waals surface area contributed by atoms with Crippen LogP contribution in [0, 0.1) is 0 Å². The molecule has 1 heterocycles. The maximum absolute atomic E-state index is 12.4. The van der Waals surface area contributed by atoms with Crippen molar-refractivity contribution in [3.63, 3.8) is 0 Å². The molecule has 28 heavy (non-hydrogen) atoms. The van der Waals surface area contributed by atoms with Gasteiger partial charge in [-0.05, 0) is 48.9 Å². The minimum Gasteiger partial charge on any atom is -0.493 e. The van der Waals surface area contributed by atoms with Crippen LogP contribution in [0.3, 0.4) is 0 Å². The van der Waals surface area contributed by atoms with Gasteiger partial charge in [-0.2, -0.15) is 8.78 Å². The Balaban J connectivity index is 1.77. The number of rotatable bonds is 8. The monoisotopic (exact) mass is 425 g/mol. The summed E-state index contributed by atoms with van der Waals surface area (Å²) < 4.78 is 36.5. The van der Waals surface area contributed by atoms with Crippen molar-refractivity contribution in [3.8, 4) is 22.9 Å². The van der Waals surface area contributed by atoms with Gasteiger partial charge in [0.25, 0.3) is 0 Å². The molecule has 0 aliphatic heterocycles. The van der Waals surface area contributed by atoms with Crippen molar-refractivity contribution < 1.29 is 18.3 Å². The summed E-state index contributed by atoms with van der Waals surface area (Å²) in [7, 11) is 1.41. The molecular formula is C19H18ClF2N3O2S. The zero-order valence-electron chi connectivity index (χ0n) is 15.2. The lowest BCUT2D eigenvalue weighted by molar-refractivity contribution is -0.0512. The molecule has 0 amide bonds. The van der Waals surface area contributed by atoms with Crippen molar-refractivity contribution in [3.05, 3.63) is 53.1 Å². The first kappa shape index (κ1) is 20.4. The molecule has 0 aliphatic carbocycles. The number of alkyl halides is 2. The van der Waals surface area contributed by atoms with Gasteiger partial charge in [0.15, 0.2) is 22.5 Å². The first-order chi connectivity index (χ1) is 13.5. The third-order valence-electron chi connectivity index (χ3n) is 3.95. The lowest BCUT2D eigenvalue weighted by atomic mass is 10.2. The maximum Gasteiger partial charge on any atom is 0.387 e. The van der Waals surface area contributed by atoms with Crippen molar-refractivity contribution in [2.75, 3.05) is 7.11 Å². The van der Waals surface area contributed by atoms with Crippen LogP contribution in [-0.2, 0) is 12.3 Å².